The van der Waals surface area contributed by atoms with Gasteiger partial charge in [0.15, 0.2) is 12.4 Å². The van der Waals surface area contributed by atoms with E-state index in [0.717, 1.165) is 6.54 Å². The van der Waals surface area contributed by atoms with Gasteiger partial charge in [0.25, 0.3) is 0 Å². The van der Waals surface area contributed by atoms with Crippen molar-refractivity contribution >= 4 is 0 Å². The molecule has 0 fully saturated rings. The first-order valence-electron chi connectivity index (χ1n) is 6.79. The lowest BCUT2D eigenvalue weighted by Gasteiger charge is -2.01. The lowest BCUT2D eigenvalue weighted by atomic mass is 10.1. The number of aryl methyl sites for hydroxylation is 1. The molecule has 0 atom stereocenters. The highest BCUT2D eigenvalue weighted by molar-refractivity contribution is 5.61. The third-order valence-corrected chi connectivity index (χ3v) is 3.17. The van der Waals surface area contributed by atoms with Crippen LogP contribution >= 0.6 is 0 Å². The molecule has 0 unspecified atom stereocenters. The molecule has 2 heterocycles. The SMILES string of the molecule is CCCCCC[n+]1ccc(-c2ccncc2)cc1. The summed E-state index contributed by atoms with van der Waals surface area (Å²) >= 11 is 0. The smallest absolute Gasteiger partial charge is 0.169 e. The Hall–Kier alpha value is -1.70. The van der Waals surface area contributed by atoms with Crippen LogP contribution in [-0.4, -0.2) is 4.98 Å². The topological polar surface area (TPSA) is 16.8 Å². The maximum Gasteiger partial charge on any atom is 0.169 e. The lowest BCUT2D eigenvalue weighted by molar-refractivity contribution is -0.697. The van der Waals surface area contributed by atoms with E-state index in [0.29, 0.717) is 0 Å². The molecule has 2 nitrogen and oxygen atoms in total. The van der Waals surface area contributed by atoms with Gasteiger partial charge in [0, 0.05) is 30.9 Å². The molecule has 0 spiro atoms. The molecule has 0 saturated carbocycles. The average Bonchev–Trinajstić information content (AvgIpc) is 2.45. The zero-order valence-corrected chi connectivity index (χ0v) is 11.0. The van der Waals surface area contributed by atoms with Gasteiger partial charge in [-0.15, -0.1) is 0 Å². The van der Waals surface area contributed by atoms with Crippen molar-refractivity contribution < 1.29 is 4.57 Å². The van der Waals surface area contributed by atoms with Gasteiger partial charge in [0.05, 0.1) is 0 Å². The summed E-state index contributed by atoms with van der Waals surface area (Å²) in [5, 5.41) is 0. The van der Waals surface area contributed by atoms with Crippen LogP contribution in [0.1, 0.15) is 32.6 Å². The van der Waals surface area contributed by atoms with E-state index in [1.807, 2.05) is 24.5 Å². The highest BCUT2D eigenvalue weighted by Gasteiger charge is 2.02. The number of hydrogen-bond donors (Lipinski definition) is 0. The molecular formula is C16H21N2+. The average molecular weight is 241 g/mol. The Balaban J connectivity index is 1.94. The van der Waals surface area contributed by atoms with E-state index in [-0.39, 0.29) is 0 Å². The molecule has 0 aliphatic heterocycles. The third kappa shape index (κ3) is 3.66. The summed E-state index contributed by atoms with van der Waals surface area (Å²) in [6.45, 7) is 3.37. The summed E-state index contributed by atoms with van der Waals surface area (Å²) < 4.78 is 2.26. The highest BCUT2D eigenvalue weighted by atomic mass is 14.9. The second kappa shape index (κ2) is 6.90. The van der Waals surface area contributed by atoms with Gasteiger partial charge in [-0.1, -0.05) is 19.8 Å². The Labute approximate surface area is 109 Å². The van der Waals surface area contributed by atoms with Crippen molar-refractivity contribution in [3.8, 4) is 11.1 Å². The van der Waals surface area contributed by atoms with Gasteiger partial charge in [0.2, 0.25) is 0 Å². The zero-order chi connectivity index (χ0) is 12.6. The summed E-state index contributed by atoms with van der Waals surface area (Å²) in [6.07, 6.45) is 13.2. The highest BCUT2D eigenvalue weighted by Crippen LogP contribution is 2.15. The van der Waals surface area contributed by atoms with Crippen molar-refractivity contribution in [3.05, 3.63) is 49.1 Å². The minimum atomic E-state index is 1.12. The standard InChI is InChI=1S/C16H21N2/c1-2-3-4-5-12-18-13-8-16(9-14-18)15-6-10-17-11-7-15/h6-11,13-14H,2-5,12H2,1H3/q+1. The van der Waals surface area contributed by atoms with E-state index in [1.54, 1.807) is 0 Å². The first kappa shape index (κ1) is 12.7. The molecular weight excluding hydrogens is 220 g/mol. The van der Waals surface area contributed by atoms with Crippen LogP contribution in [0.5, 0.6) is 0 Å². The van der Waals surface area contributed by atoms with Crippen LogP contribution in [0.25, 0.3) is 11.1 Å². The van der Waals surface area contributed by atoms with Crippen molar-refractivity contribution in [2.24, 2.45) is 0 Å². The van der Waals surface area contributed by atoms with E-state index in [4.69, 9.17) is 0 Å². The molecule has 94 valence electrons. The minimum absolute atomic E-state index is 1.12. The Morgan fingerprint density at radius 3 is 2.22 bits per heavy atom. The van der Waals surface area contributed by atoms with Crippen molar-refractivity contribution in [3.63, 3.8) is 0 Å². The Bertz CT molecular complexity index is 448. The normalized spacial score (nSPS) is 10.5. The molecule has 2 aromatic heterocycles. The fraction of sp³-hybridized carbons (Fsp3) is 0.375. The van der Waals surface area contributed by atoms with Crippen LogP contribution in [0.15, 0.2) is 49.1 Å². The Kier molecular flexibility index (Phi) is 4.88. The molecule has 0 saturated heterocycles. The van der Waals surface area contributed by atoms with E-state index >= 15 is 0 Å². The number of hydrogen-bond acceptors (Lipinski definition) is 1. The number of rotatable bonds is 6. The maximum atomic E-state index is 4.04. The van der Waals surface area contributed by atoms with Crippen LogP contribution in [0.4, 0.5) is 0 Å². The zero-order valence-electron chi connectivity index (χ0n) is 11.0. The van der Waals surface area contributed by atoms with E-state index < -0.39 is 0 Å². The van der Waals surface area contributed by atoms with Crippen molar-refractivity contribution in [2.75, 3.05) is 0 Å². The number of pyridine rings is 2. The molecule has 0 radical (unpaired) electrons. The van der Waals surface area contributed by atoms with Crippen molar-refractivity contribution in [2.45, 2.75) is 39.2 Å². The van der Waals surface area contributed by atoms with Crippen LogP contribution in [-0.2, 0) is 6.54 Å². The van der Waals surface area contributed by atoms with Crippen molar-refractivity contribution in [1.29, 1.82) is 0 Å². The monoisotopic (exact) mass is 241 g/mol. The molecule has 0 aliphatic carbocycles. The number of unbranched alkanes of at least 4 members (excludes halogenated alkanes) is 3. The maximum absolute atomic E-state index is 4.04. The third-order valence-electron chi connectivity index (χ3n) is 3.17. The van der Waals surface area contributed by atoms with Crippen LogP contribution in [0.3, 0.4) is 0 Å². The first-order valence-corrected chi connectivity index (χ1v) is 6.79. The Morgan fingerprint density at radius 2 is 1.56 bits per heavy atom. The fourth-order valence-electron chi connectivity index (χ4n) is 2.06. The van der Waals surface area contributed by atoms with Gasteiger partial charge in [-0.2, -0.15) is 0 Å². The Morgan fingerprint density at radius 1 is 0.889 bits per heavy atom. The predicted molar refractivity (Wildman–Crippen MR) is 74.0 cm³/mol. The summed E-state index contributed by atoms with van der Waals surface area (Å²) in [7, 11) is 0. The molecule has 0 aromatic carbocycles. The van der Waals surface area contributed by atoms with E-state index in [2.05, 4.69) is 41.0 Å². The molecule has 0 amide bonds. The molecule has 0 aliphatic rings. The molecule has 0 N–H and O–H groups in total. The van der Waals surface area contributed by atoms with Crippen LogP contribution in [0, 0.1) is 0 Å². The molecule has 2 heteroatoms. The van der Waals surface area contributed by atoms with Gasteiger partial charge in [-0.3, -0.25) is 4.98 Å². The van der Waals surface area contributed by atoms with E-state index in [1.165, 1.54) is 36.8 Å². The van der Waals surface area contributed by atoms with E-state index in [9.17, 15) is 0 Å². The fourth-order valence-corrected chi connectivity index (χ4v) is 2.06. The van der Waals surface area contributed by atoms with Crippen LogP contribution < -0.4 is 4.57 Å². The summed E-state index contributed by atoms with van der Waals surface area (Å²) in [5.41, 5.74) is 2.48. The van der Waals surface area contributed by atoms with Gasteiger partial charge >= 0.3 is 0 Å². The predicted octanol–water partition coefficient (Wildman–Crippen LogP) is 3.62. The number of nitrogens with zero attached hydrogens (tertiary/aromatic N) is 2. The van der Waals surface area contributed by atoms with Gasteiger partial charge in [-0.05, 0) is 29.7 Å². The first-order chi connectivity index (χ1) is 8.90. The second-order valence-electron chi connectivity index (χ2n) is 4.62. The summed E-state index contributed by atoms with van der Waals surface area (Å²) in [6, 6.07) is 8.44. The van der Waals surface area contributed by atoms with Gasteiger partial charge < -0.3 is 0 Å². The largest absolute Gasteiger partial charge is 0.265 e. The minimum Gasteiger partial charge on any atom is -0.265 e. The van der Waals surface area contributed by atoms with Crippen LogP contribution in [0.2, 0.25) is 0 Å². The van der Waals surface area contributed by atoms with Gasteiger partial charge in [0.1, 0.15) is 6.54 Å². The van der Waals surface area contributed by atoms with Crippen molar-refractivity contribution in [1.82, 2.24) is 4.98 Å². The lowest BCUT2D eigenvalue weighted by Crippen LogP contribution is -2.32. The summed E-state index contributed by atoms with van der Waals surface area (Å²) in [5.74, 6) is 0. The second-order valence-corrected chi connectivity index (χ2v) is 4.62. The van der Waals surface area contributed by atoms with Gasteiger partial charge in [-0.25, -0.2) is 4.57 Å². The molecule has 18 heavy (non-hydrogen) atoms. The molecule has 2 rings (SSSR count). The quantitative estimate of drug-likeness (QED) is 0.557. The summed E-state index contributed by atoms with van der Waals surface area (Å²) in [4.78, 5) is 4.04. The molecule has 2 aromatic rings. The number of aromatic nitrogens is 2. The molecule has 0 bridgehead atoms.